The molecule has 0 atom stereocenters. The van der Waals surface area contributed by atoms with E-state index in [2.05, 4.69) is 4.74 Å². The van der Waals surface area contributed by atoms with Crippen LogP contribution in [0, 0.1) is 11.6 Å². The summed E-state index contributed by atoms with van der Waals surface area (Å²) in [4.78, 5) is 22.0. The van der Waals surface area contributed by atoms with Crippen LogP contribution in [0.4, 0.5) is 8.78 Å². The summed E-state index contributed by atoms with van der Waals surface area (Å²) < 4.78 is 32.2. The lowest BCUT2D eigenvalue weighted by atomic mass is 10.0. The number of ether oxygens (including phenoxy) is 1. The highest BCUT2D eigenvalue weighted by atomic mass is 19.2. The van der Waals surface area contributed by atoms with Crippen LogP contribution < -0.4 is 0 Å². The molecule has 0 spiro atoms. The molecule has 0 saturated carbocycles. The van der Waals surface area contributed by atoms with Gasteiger partial charge in [0.1, 0.15) is 6.29 Å². The minimum absolute atomic E-state index is 0.0288. The van der Waals surface area contributed by atoms with E-state index in [4.69, 9.17) is 0 Å². The molecular formula is C15H10F2O3. The Hall–Kier alpha value is -2.56. The molecule has 0 N–H and O–H groups in total. The lowest BCUT2D eigenvalue weighted by molar-refractivity contribution is 0.0594. The molecule has 0 bridgehead atoms. The number of aldehydes is 1. The van der Waals surface area contributed by atoms with Crippen molar-refractivity contribution in [3.8, 4) is 11.1 Å². The van der Waals surface area contributed by atoms with Crippen molar-refractivity contribution in [1.29, 1.82) is 0 Å². The van der Waals surface area contributed by atoms with Crippen molar-refractivity contribution in [2.24, 2.45) is 0 Å². The zero-order chi connectivity index (χ0) is 14.7. The predicted molar refractivity (Wildman–Crippen MR) is 68.5 cm³/mol. The Morgan fingerprint density at radius 2 is 1.90 bits per heavy atom. The average molecular weight is 276 g/mol. The SMILES string of the molecule is COC(=O)c1ccc(-c2cccc(C=O)c2)c(F)c1F. The summed E-state index contributed by atoms with van der Waals surface area (Å²) in [6.07, 6.45) is 0.612. The van der Waals surface area contributed by atoms with Crippen LogP contribution in [0.2, 0.25) is 0 Å². The Morgan fingerprint density at radius 3 is 2.55 bits per heavy atom. The third-order valence-corrected chi connectivity index (χ3v) is 2.82. The molecule has 2 aromatic rings. The van der Waals surface area contributed by atoms with Gasteiger partial charge in [0.05, 0.1) is 12.7 Å². The van der Waals surface area contributed by atoms with Crippen molar-refractivity contribution >= 4 is 12.3 Å². The molecule has 0 aromatic heterocycles. The second kappa shape index (κ2) is 5.61. The fourth-order valence-corrected chi connectivity index (χ4v) is 1.82. The maximum atomic E-state index is 14.0. The van der Waals surface area contributed by atoms with E-state index in [1.165, 1.54) is 12.1 Å². The molecule has 0 radical (unpaired) electrons. The molecule has 2 rings (SSSR count). The summed E-state index contributed by atoms with van der Waals surface area (Å²) in [6, 6.07) is 8.51. The van der Waals surface area contributed by atoms with Gasteiger partial charge in [-0.15, -0.1) is 0 Å². The van der Waals surface area contributed by atoms with Crippen LogP contribution in [-0.4, -0.2) is 19.4 Å². The summed E-state index contributed by atoms with van der Waals surface area (Å²) >= 11 is 0. The lowest BCUT2D eigenvalue weighted by Crippen LogP contribution is -2.06. The Morgan fingerprint density at radius 1 is 1.15 bits per heavy atom. The van der Waals surface area contributed by atoms with E-state index in [1.54, 1.807) is 18.2 Å². The molecule has 0 aliphatic heterocycles. The number of halogens is 2. The molecule has 0 amide bonds. The highest BCUT2D eigenvalue weighted by Gasteiger charge is 2.19. The van der Waals surface area contributed by atoms with Gasteiger partial charge in [-0.25, -0.2) is 13.6 Å². The molecule has 0 heterocycles. The minimum atomic E-state index is -1.27. The molecule has 102 valence electrons. The van der Waals surface area contributed by atoms with Crippen molar-refractivity contribution in [1.82, 2.24) is 0 Å². The first-order valence-electron chi connectivity index (χ1n) is 5.70. The number of esters is 1. The van der Waals surface area contributed by atoms with Gasteiger partial charge < -0.3 is 4.74 Å². The maximum Gasteiger partial charge on any atom is 0.340 e. The molecule has 0 saturated heterocycles. The number of hydrogen-bond acceptors (Lipinski definition) is 3. The molecule has 5 heteroatoms. The van der Waals surface area contributed by atoms with Crippen molar-refractivity contribution < 1.29 is 23.1 Å². The van der Waals surface area contributed by atoms with Gasteiger partial charge in [-0.05, 0) is 17.7 Å². The maximum absolute atomic E-state index is 14.0. The molecule has 3 nitrogen and oxygen atoms in total. The number of hydrogen-bond donors (Lipinski definition) is 0. The smallest absolute Gasteiger partial charge is 0.340 e. The fraction of sp³-hybridized carbons (Fsp3) is 0.0667. The van der Waals surface area contributed by atoms with E-state index in [0.717, 1.165) is 13.2 Å². The summed E-state index contributed by atoms with van der Waals surface area (Å²) in [5.41, 5.74) is 0.195. The molecule has 0 unspecified atom stereocenters. The van der Waals surface area contributed by atoms with Crippen molar-refractivity contribution in [3.63, 3.8) is 0 Å². The molecule has 0 fully saturated rings. The summed E-state index contributed by atoms with van der Waals surface area (Å²) in [5.74, 6) is -3.38. The lowest BCUT2D eigenvalue weighted by Gasteiger charge is -2.08. The Bertz CT molecular complexity index is 681. The van der Waals surface area contributed by atoms with Crippen LogP contribution in [0.1, 0.15) is 20.7 Å². The van der Waals surface area contributed by atoms with Gasteiger partial charge >= 0.3 is 5.97 Å². The summed E-state index contributed by atoms with van der Waals surface area (Å²) in [7, 11) is 1.08. The zero-order valence-electron chi connectivity index (χ0n) is 10.5. The fourth-order valence-electron chi connectivity index (χ4n) is 1.82. The second-order valence-corrected chi connectivity index (χ2v) is 4.02. The van der Waals surface area contributed by atoms with E-state index in [0.29, 0.717) is 17.4 Å². The van der Waals surface area contributed by atoms with Crippen LogP contribution in [0.15, 0.2) is 36.4 Å². The number of methoxy groups -OCH3 is 1. The molecule has 2 aromatic carbocycles. The first kappa shape index (κ1) is 13.9. The van der Waals surface area contributed by atoms with E-state index in [-0.39, 0.29) is 5.56 Å². The van der Waals surface area contributed by atoms with Gasteiger partial charge in [0.2, 0.25) is 0 Å². The Kier molecular flexibility index (Phi) is 3.89. The van der Waals surface area contributed by atoms with Gasteiger partial charge in [0.25, 0.3) is 0 Å². The monoisotopic (exact) mass is 276 g/mol. The molecule has 20 heavy (non-hydrogen) atoms. The predicted octanol–water partition coefficient (Wildman–Crippen LogP) is 3.23. The second-order valence-electron chi connectivity index (χ2n) is 4.02. The topological polar surface area (TPSA) is 43.4 Å². The van der Waals surface area contributed by atoms with E-state index < -0.39 is 23.2 Å². The van der Waals surface area contributed by atoms with Crippen molar-refractivity contribution in [2.45, 2.75) is 0 Å². The quantitative estimate of drug-likeness (QED) is 0.638. The van der Waals surface area contributed by atoms with Crippen LogP contribution in [0.25, 0.3) is 11.1 Å². The summed E-state index contributed by atoms with van der Waals surface area (Å²) in [5, 5.41) is 0. The van der Waals surface area contributed by atoms with Gasteiger partial charge in [0.15, 0.2) is 11.6 Å². The van der Waals surface area contributed by atoms with Crippen LogP contribution >= 0.6 is 0 Å². The molecule has 0 aliphatic carbocycles. The van der Waals surface area contributed by atoms with Gasteiger partial charge in [-0.1, -0.05) is 24.3 Å². The van der Waals surface area contributed by atoms with E-state index in [1.807, 2.05) is 0 Å². The molecular weight excluding hydrogens is 266 g/mol. The van der Waals surface area contributed by atoms with Crippen molar-refractivity contribution in [2.75, 3.05) is 7.11 Å². The largest absolute Gasteiger partial charge is 0.465 e. The third-order valence-electron chi connectivity index (χ3n) is 2.82. The summed E-state index contributed by atoms with van der Waals surface area (Å²) in [6.45, 7) is 0. The van der Waals surface area contributed by atoms with Crippen LogP contribution in [0.5, 0.6) is 0 Å². The van der Waals surface area contributed by atoms with E-state index >= 15 is 0 Å². The zero-order valence-corrected chi connectivity index (χ0v) is 10.5. The highest BCUT2D eigenvalue weighted by molar-refractivity contribution is 5.90. The first-order chi connectivity index (χ1) is 9.58. The Balaban J connectivity index is 2.56. The van der Waals surface area contributed by atoms with Gasteiger partial charge in [-0.2, -0.15) is 0 Å². The van der Waals surface area contributed by atoms with Crippen molar-refractivity contribution in [3.05, 3.63) is 59.2 Å². The standard InChI is InChI=1S/C15H10F2O3/c1-20-15(19)12-6-5-11(13(16)14(12)17)10-4-2-3-9(7-10)8-18/h2-8H,1H3. The third kappa shape index (κ3) is 2.42. The Labute approximate surface area is 113 Å². The average Bonchev–Trinajstić information content (AvgIpc) is 2.49. The highest BCUT2D eigenvalue weighted by Crippen LogP contribution is 2.27. The first-order valence-corrected chi connectivity index (χ1v) is 5.70. The number of benzene rings is 2. The number of carbonyl (C=O) groups excluding carboxylic acids is 2. The number of carbonyl (C=O) groups is 2. The number of rotatable bonds is 3. The van der Waals surface area contributed by atoms with Gasteiger partial charge in [-0.3, -0.25) is 4.79 Å². The molecule has 0 aliphatic rings. The normalized spacial score (nSPS) is 10.2. The van der Waals surface area contributed by atoms with Gasteiger partial charge in [0, 0.05) is 11.1 Å². The minimum Gasteiger partial charge on any atom is -0.465 e. The van der Waals surface area contributed by atoms with E-state index in [9.17, 15) is 18.4 Å². The van der Waals surface area contributed by atoms with Crippen LogP contribution in [0.3, 0.4) is 0 Å². The van der Waals surface area contributed by atoms with Crippen LogP contribution in [-0.2, 0) is 4.74 Å².